The smallest absolute Gasteiger partial charge is 0.271 e. The fourth-order valence-corrected chi connectivity index (χ4v) is 2.39. The number of ether oxygens (including phenoxy) is 1. The topological polar surface area (TPSA) is 103 Å². The second kappa shape index (κ2) is 7.30. The third-order valence-electron chi connectivity index (χ3n) is 4.05. The van der Waals surface area contributed by atoms with Crippen molar-refractivity contribution in [2.24, 2.45) is 5.92 Å². The molecule has 132 valence electrons. The van der Waals surface area contributed by atoms with E-state index in [0.29, 0.717) is 29.7 Å². The van der Waals surface area contributed by atoms with Crippen LogP contribution in [0.1, 0.15) is 28.9 Å². The van der Waals surface area contributed by atoms with Crippen LogP contribution >= 0.6 is 0 Å². The first-order valence-corrected chi connectivity index (χ1v) is 8.39. The predicted octanol–water partition coefficient (Wildman–Crippen LogP) is 2.25. The zero-order valence-electron chi connectivity index (χ0n) is 14.0. The summed E-state index contributed by atoms with van der Waals surface area (Å²) in [6.45, 7) is 0.903. The Morgan fingerprint density at radius 2 is 2.15 bits per heavy atom. The van der Waals surface area contributed by atoms with E-state index in [-0.39, 0.29) is 18.2 Å². The van der Waals surface area contributed by atoms with E-state index < -0.39 is 0 Å². The van der Waals surface area contributed by atoms with Crippen LogP contribution in [0.15, 0.2) is 47.3 Å². The van der Waals surface area contributed by atoms with Crippen molar-refractivity contribution in [1.29, 1.82) is 0 Å². The molecule has 0 saturated heterocycles. The van der Waals surface area contributed by atoms with Gasteiger partial charge in [0, 0.05) is 18.8 Å². The largest absolute Gasteiger partial charge is 0.472 e. The summed E-state index contributed by atoms with van der Waals surface area (Å²) in [6, 6.07) is 8.76. The maximum Gasteiger partial charge on any atom is 0.271 e. The van der Waals surface area contributed by atoms with Gasteiger partial charge in [-0.05, 0) is 37.0 Å². The van der Waals surface area contributed by atoms with Gasteiger partial charge in [-0.25, -0.2) is 0 Å². The molecule has 8 nitrogen and oxygen atoms in total. The van der Waals surface area contributed by atoms with Gasteiger partial charge in [0.1, 0.15) is 18.6 Å². The summed E-state index contributed by atoms with van der Waals surface area (Å²) in [5, 5.41) is 14.7. The lowest BCUT2D eigenvalue weighted by molar-refractivity contribution is 0.0945. The number of nitrogens with one attached hydrogen (secondary N) is 1. The molecule has 1 N–H and O–H groups in total. The van der Waals surface area contributed by atoms with E-state index in [1.807, 2.05) is 18.2 Å². The third-order valence-corrected chi connectivity index (χ3v) is 4.05. The Labute approximate surface area is 149 Å². The first-order valence-electron chi connectivity index (χ1n) is 8.39. The van der Waals surface area contributed by atoms with Crippen molar-refractivity contribution in [3.05, 3.63) is 54.0 Å². The zero-order valence-corrected chi connectivity index (χ0v) is 14.0. The second-order valence-corrected chi connectivity index (χ2v) is 6.10. The molecule has 1 amide bonds. The van der Waals surface area contributed by atoms with Crippen LogP contribution in [0, 0.1) is 5.92 Å². The highest BCUT2D eigenvalue weighted by atomic mass is 16.5. The summed E-state index contributed by atoms with van der Waals surface area (Å²) in [6.07, 6.45) is 5.56. The van der Waals surface area contributed by atoms with E-state index in [4.69, 9.17) is 9.26 Å². The molecule has 4 rings (SSSR count). The molecule has 0 bridgehead atoms. The van der Waals surface area contributed by atoms with Crippen LogP contribution in [-0.2, 0) is 6.61 Å². The van der Waals surface area contributed by atoms with Gasteiger partial charge in [0.2, 0.25) is 5.88 Å². The Morgan fingerprint density at radius 3 is 2.88 bits per heavy atom. The summed E-state index contributed by atoms with van der Waals surface area (Å²) in [4.78, 5) is 16.2. The number of hydrogen-bond donors (Lipinski definition) is 1. The van der Waals surface area contributed by atoms with Crippen molar-refractivity contribution >= 4 is 5.91 Å². The Morgan fingerprint density at radius 1 is 1.23 bits per heavy atom. The van der Waals surface area contributed by atoms with E-state index in [0.717, 1.165) is 5.56 Å². The third kappa shape index (κ3) is 3.85. The summed E-state index contributed by atoms with van der Waals surface area (Å²) in [7, 11) is 0. The van der Waals surface area contributed by atoms with E-state index in [1.165, 1.54) is 19.1 Å². The molecule has 0 aromatic carbocycles. The molecule has 1 fully saturated rings. The number of pyridine rings is 1. The van der Waals surface area contributed by atoms with Gasteiger partial charge in [-0.3, -0.25) is 9.78 Å². The molecule has 0 radical (unpaired) electrons. The first kappa shape index (κ1) is 16.2. The molecule has 1 aliphatic carbocycles. The molecule has 1 aliphatic rings. The molecule has 0 unspecified atom stereocenters. The van der Waals surface area contributed by atoms with E-state index in [9.17, 15) is 4.79 Å². The number of carbonyl (C=O) groups excluding carboxylic acids is 1. The maximum atomic E-state index is 12.0. The lowest BCUT2D eigenvalue weighted by Gasteiger charge is -2.06. The standard InChI is InChI=1S/C18H17N5O3/c24-18(20-9-12-4-5-12)15-6-7-16(22-21-15)25-10-13-11-26-23-17(13)14-3-1-2-8-19-14/h1-3,6-8,11-12H,4-5,9-10H2,(H,20,24). The van der Waals surface area contributed by atoms with E-state index in [1.54, 1.807) is 18.3 Å². The van der Waals surface area contributed by atoms with Crippen LogP contribution in [-0.4, -0.2) is 32.8 Å². The van der Waals surface area contributed by atoms with Gasteiger partial charge in [0.05, 0.1) is 11.3 Å². The minimum Gasteiger partial charge on any atom is -0.472 e. The van der Waals surface area contributed by atoms with Crippen LogP contribution < -0.4 is 10.1 Å². The zero-order chi connectivity index (χ0) is 17.8. The van der Waals surface area contributed by atoms with Gasteiger partial charge < -0.3 is 14.6 Å². The Balaban J connectivity index is 1.36. The number of aromatic nitrogens is 4. The Bertz CT molecular complexity index is 875. The minimum atomic E-state index is -0.215. The average Bonchev–Trinajstić information content (AvgIpc) is 3.41. The van der Waals surface area contributed by atoms with Gasteiger partial charge >= 0.3 is 0 Å². The molecule has 1 saturated carbocycles. The van der Waals surface area contributed by atoms with Gasteiger partial charge in [-0.15, -0.1) is 10.2 Å². The Hall–Kier alpha value is -3.29. The normalized spacial score (nSPS) is 13.4. The van der Waals surface area contributed by atoms with Gasteiger partial charge in [0.25, 0.3) is 5.91 Å². The summed E-state index contributed by atoms with van der Waals surface area (Å²) in [5.41, 5.74) is 2.34. The molecule has 3 heterocycles. The molecule has 26 heavy (non-hydrogen) atoms. The fraction of sp³-hybridized carbons (Fsp3) is 0.278. The Kier molecular flexibility index (Phi) is 4.55. The SMILES string of the molecule is O=C(NCC1CC1)c1ccc(OCc2conc2-c2ccccn2)nn1. The van der Waals surface area contributed by atoms with Crippen molar-refractivity contribution in [3.8, 4) is 17.3 Å². The molecule has 8 heteroatoms. The number of hydrogen-bond acceptors (Lipinski definition) is 7. The summed E-state index contributed by atoms with van der Waals surface area (Å²) < 4.78 is 10.7. The first-order chi connectivity index (χ1) is 12.8. The lowest BCUT2D eigenvalue weighted by atomic mass is 10.2. The molecule has 3 aromatic heterocycles. The van der Waals surface area contributed by atoms with Crippen molar-refractivity contribution in [3.63, 3.8) is 0 Å². The van der Waals surface area contributed by atoms with Gasteiger partial charge in [-0.1, -0.05) is 11.2 Å². The van der Waals surface area contributed by atoms with Gasteiger partial charge in [-0.2, -0.15) is 0 Å². The van der Waals surface area contributed by atoms with Crippen molar-refractivity contribution in [2.45, 2.75) is 19.4 Å². The summed E-state index contributed by atoms with van der Waals surface area (Å²) in [5.74, 6) is 0.718. The molecule has 3 aromatic rings. The van der Waals surface area contributed by atoms with Crippen LogP contribution in [0.3, 0.4) is 0 Å². The number of nitrogens with zero attached hydrogens (tertiary/aromatic N) is 4. The number of carbonyl (C=O) groups is 1. The van der Waals surface area contributed by atoms with Crippen molar-refractivity contribution in [2.75, 3.05) is 6.54 Å². The van der Waals surface area contributed by atoms with E-state index in [2.05, 4.69) is 25.7 Å². The van der Waals surface area contributed by atoms with Crippen molar-refractivity contribution in [1.82, 2.24) is 25.7 Å². The molecule has 0 aliphatic heterocycles. The lowest BCUT2D eigenvalue weighted by Crippen LogP contribution is -2.26. The molecule has 0 spiro atoms. The molecular formula is C18H17N5O3. The minimum absolute atomic E-state index is 0.206. The van der Waals surface area contributed by atoms with Crippen LogP contribution in [0.5, 0.6) is 5.88 Å². The monoisotopic (exact) mass is 351 g/mol. The quantitative estimate of drug-likeness (QED) is 0.696. The van der Waals surface area contributed by atoms with Gasteiger partial charge in [0.15, 0.2) is 5.69 Å². The van der Waals surface area contributed by atoms with Crippen LogP contribution in [0.4, 0.5) is 0 Å². The van der Waals surface area contributed by atoms with Crippen LogP contribution in [0.2, 0.25) is 0 Å². The molecule has 0 atom stereocenters. The predicted molar refractivity (Wildman–Crippen MR) is 91.2 cm³/mol. The second-order valence-electron chi connectivity index (χ2n) is 6.10. The molecular weight excluding hydrogens is 334 g/mol. The highest BCUT2D eigenvalue weighted by molar-refractivity contribution is 5.92. The number of rotatable bonds is 7. The van der Waals surface area contributed by atoms with Crippen LogP contribution in [0.25, 0.3) is 11.4 Å². The highest BCUT2D eigenvalue weighted by Gasteiger charge is 2.22. The fourth-order valence-electron chi connectivity index (χ4n) is 2.39. The maximum absolute atomic E-state index is 12.0. The highest BCUT2D eigenvalue weighted by Crippen LogP contribution is 2.27. The van der Waals surface area contributed by atoms with Crippen molar-refractivity contribution < 1.29 is 14.1 Å². The number of amides is 1. The average molecular weight is 351 g/mol. The van der Waals surface area contributed by atoms with E-state index >= 15 is 0 Å². The summed E-state index contributed by atoms with van der Waals surface area (Å²) >= 11 is 0.